The molecule has 0 spiro atoms. The number of aromatic amines is 1. The molecule has 1 N–H and O–H groups in total. The molecule has 2 aliphatic carbocycles. The smallest absolute Gasteiger partial charge is 0.272 e. The Bertz CT molecular complexity index is 1530. The molecule has 3 heterocycles. The molecule has 7 rings (SSSR count). The quantitative estimate of drug-likeness (QED) is 0.523. The Morgan fingerprint density at radius 2 is 1.72 bits per heavy atom. The normalized spacial score (nSPS) is 22.7. The predicted molar refractivity (Wildman–Crippen MR) is 142 cm³/mol. The second kappa shape index (κ2) is 9.47. The number of aromatic nitrogens is 2. The average molecular weight is 531 g/mol. The number of nitrogens with zero attached hydrogens (tertiary/aromatic N) is 3. The Kier molecular flexibility index (Phi) is 5.90. The van der Waals surface area contributed by atoms with Crippen LogP contribution in [0.25, 0.3) is 10.8 Å². The number of halogens is 1. The highest BCUT2D eigenvalue weighted by molar-refractivity contribution is 5.95. The number of benzene rings is 2. The lowest BCUT2D eigenvalue weighted by Gasteiger charge is -2.26. The molecule has 2 aromatic carbocycles. The van der Waals surface area contributed by atoms with Gasteiger partial charge in [-0.1, -0.05) is 6.07 Å². The van der Waals surface area contributed by atoms with Crippen molar-refractivity contribution in [3.8, 4) is 5.75 Å². The zero-order valence-corrected chi connectivity index (χ0v) is 21.7. The van der Waals surface area contributed by atoms with Crippen LogP contribution >= 0.6 is 0 Å². The number of rotatable bonds is 6. The second-order valence-corrected chi connectivity index (χ2v) is 11.4. The summed E-state index contributed by atoms with van der Waals surface area (Å²) in [5, 5.41) is 8.05. The SMILES string of the molecule is O=C(c1cc(Cc2n[nH]c(=O)c3ccc(OC4CCC4)cc23)ccc1F)N1CCC2C1CCN2C(=O)C1CC1. The van der Waals surface area contributed by atoms with Crippen molar-refractivity contribution >= 4 is 22.6 Å². The van der Waals surface area contributed by atoms with Crippen molar-refractivity contribution < 1.29 is 18.7 Å². The largest absolute Gasteiger partial charge is 0.490 e. The van der Waals surface area contributed by atoms with Crippen molar-refractivity contribution in [2.75, 3.05) is 13.1 Å². The first-order valence-electron chi connectivity index (χ1n) is 14.0. The van der Waals surface area contributed by atoms with Crippen LogP contribution in [0.4, 0.5) is 4.39 Å². The summed E-state index contributed by atoms with van der Waals surface area (Å²) in [4.78, 5) is 42.4. The van der Waals surface area contributed by atoms with Gasteiger partial charge in [0, 0.05) is 30.8 Å². The summed E-state index contributed by atoms with van der Waals surface area (Å²) < 4.78 is 21.0. The standard InChI is InChI=1S/C30H31FN4O4/c31-24-9-4-17(15-25-22-16-20(39-19-2-1-3-19)7-8-21(22)28(36)33-32-25)14-23(24)30(38)35-13-11-26-27(35)10-12-34(26)29(37)18-5-6-18/h4,7-9,14,16,18-19,26-27H,1-3,5-6,10-13,15H2,(H,33,36). The first-order chi connectivity index (χ1) is 19.0. The van der Waals surface area contributed by atoms with Gasteiger partial charge in [-0.05, 0) is 80.8 Å². The molecular formula is C30H31FN4O4. The van der Waals surface area contributed by atoms with Gasteiger partial charge in [0.15, 0.2) is 0 Å². The molecule has 8 nitrogen and oxygen atoms in total. The first kappa shape index (κ1) is 24.3. The van der Waals surface area contributed by atoms with Gasteiger partial charge < -0.3 is 14.5 Å². The number of likely N-dealkylation sites (tertiary alicyclic amines) is 2. The predicted octanol–water partition coefficient (Wildman–Crippen LogP) is 3.81. The summed E-state index contributed by atoms with van der Waals surface area (Å²) in [5.74, 6) is 0.169. The maximum Gasteiger partial charge on any atom is 0.272 e. The van der Waals surface area contributed by atoms with Crippen LogP contribution in [-0.2, 0) is 11.2 Å². The maximum absolute atomic E-state index is 15.0. The molecule has 39 heavy (non-hydrogen) atoms. The summed E-state index contributed by atoms with van der Waals surface area (Å²) in [6, 6.07) is 9.93. The molecule has 0 radical (unpaired) electrons. The van der Waals surface area contributed by atoms with E-state index in [1.54, 1.807) is 29.2 Å². The molecule has 2 saturated heterocycles. The average Bonchev–Trinajstić information content (AvgIpc) is 3.56. The minimum absolute atomic E-state index is 0.0290. The number of H-pyrrole nitrogens is 1. The van der Waals surface area contributed by atoms with Crippen molar-refractivity contribution in [2.24, 2.45) is 5.92 Å². The number of hydrogen-bond acceptors (Lipinski definition) is 5. The lowest BCUT2D eigenvalue weighted by molar-refractivity contribution is -0.133. The molecule has 2 aliphatic heterocycles. The van der Waals surface area contributed by atoms with Gasteiger partial charge in [0.05, 0.1) is 34.8 Å². The third kappa shape index (κ3) is 4.37. The second-order valence-electron chi connectivity index (χ2n) is 11.4. The summed E-state index contributed by atoms with van der Waals surface area (Å²) in [6.45, 7) is 1.18. The van der Waals surface area contributed by atoms with E-state index >= 15 is 4.39 Å². The zero-order chi connectivity index (χ0) is 26.7. The van der Waals surface area contributed by atoms with E-state index in [9.17, 15) is 14.4 Å². The number of hydrogen-bond donors (Lipinski definition) is 1. The minimum Gasteiger partial charge on any atom is -0.490 e. The van der Waals surface area contributed by atoms with Crippen LogP contribution in [0.1, 0.15) is 66.6 Å². The van der Waals surface area contributed by atoms with Crippen LogP contribution in [0.15, 0.2) is 41.2 Å². The highest BCUT2D eigenvalue weighted by Crippen LogP contribution is 2.38. The molecule has 1 aromatic heterocycles. The van der Waals surface area contributed by atoms with E-state index in [4.69, 9.17) is 4.74 Å². The molecule has 2 saturated carbocycles. The molecule has 2 amide bonds. The fourth-order valence-electron chi connectivity index (χ4n) is 6.36. The van der Waals surface area contributed by atoms with Crippen molar-refractivity contribution in [2.45, 2.75) is 69.6 Å². The van der Waals surface area contributed by atoms with Gasteiger partial charge in [0.1, 0.15) is 11.6 Å². The molecule has 3 aromatic rings. The van der Waals surface area contributed by atoms with E-state index in [1.807, 2.05) is 11.0 Å². The third-order valence-corrected chi connectivity index (χ3v) is 8.87. The van der Waals surface area contributed by atoms with Crippen LogP contribution < -0.4 is 10.3 Å². The first-order valence-corrected chi connectivity index (χ1v) is 14.0. The number of ether oxygens (including phenoxy) is 1. The molecule has 9 heteroatoms. The van der Waals surface area contributed by atoms with Gasteiger partial charge in [0.25, 0.3) is 11.5 Å². The Hall–Kier alpha value is -3.75. The van der Waals surface area contributed by atoms with E-state index in [2.05, 4.69) is 10.2 Å². The Morgan fingerprint density at radius 3 is 2.46 bits per heavy atom. The van der Waals surface area contributed by atoms with Crippen LogP contribution in [0.2, 0.25) is 0 Å². The van der Waals surface area contributed by atoms with Gasteiger partial charge in [-0.3, -0.25) is 14.4 Å². The maximum atomic E-state index is 15.0. The highest BCUT2D eigenvalue weighted by atomic mass is 19.1. The highest BCUT2D eigenvalue weighted by Gasteiger charge is 2.48. The number of carbonyl (C=O) groups excluding carboxylic acids is 2. The van der Waals surface area contributed by atoms with Crippen LogP contribution in [-0.4, -0.2) is 63.1 Å². The summed E-state index contributed by atoms with van der Waals surface area (Å²) in [7, 11) is 0. The van der Waals surface area contributed by atoms with E-state index in [1.165, 1.54) is 6.07 Å². The number of nitrogens with one attached hydrogen (secondary N) is 1. The topological polar surface area (TPSA) is 95.6 Å². The Morgan fingerprint density at radius 1 is 0.949 bits per heavy atom. The summed E-state index contributed by atoms with van der Waals surface area (Å²) in [6.07, 6.45) is 7.11. The van der Waals surface area contributed by atoms with Crippen LogP contribution in [0, 0.1) is 11.7 Å². The molecular weight excluding hydrogens is 499 g/mol. The Balaban J connectivity index is 1.14. The molecule has 4 aliphatic rings. The van der Waals surface area contributed by atoms with Gasteiger partial charge in [0.2, 0.25) is 5.91 Å². The van der Waals surface area contributed by atoms with Crippen LogP contribution in [0.5, 0.6) is 5.75 Å². The monoisotopic (exact) mass is 530 g/mol. The fourth-order valence-corrected chi connectivity index (χ4v) is 6.36. The van der Waals surface area contributed by atoms with E-state index in [0.717, 1.165) is 50.5 Å². The van der Waals surface area contributed by atoms with Gasteiger partial charge in [-0.25, -0.2) is 9.49 Å². The van der Waals surface area contributed by atoms with Gasteiger partial charge >= 0.3 is 0 Å². The Labute approximate surface area is 225 Å². The van der Waals surface area contributed by atoms with Crippen molar-refractivity contribution in [3.05, 3.63) is 69.4 Å². The molecule has 202 valence electrons. The minimum atomic E-state index is -0.563. The van der Waals surface area contributed by atoms with Crippen molar-refractivity contribution in [1.82, 2.24) is 20.0 Å². The van der Waals surface area contributed by atoms with E-state index in [0.29, 0.717) is 41.7 Å². The van der Waals surface area contributed by atoms with Crippen molar-refractivity contribution in [1.29, 1.82) is 0 Å². The zero-order valence-electron chi connectivity index (χ0n) is 21.7. The van der Waals surface area contributed by atoms with E-state index in [-0.39, 0.29) is 47.0 Å². The van der Waals surface area contributed by atoms with Gasteiger partial charge in [-0.15, -0.1) is 0 Å². The van der Waals surface area contributed by atoms with Crippen LogP contribution in [0.3, 0.4) is 0 Å². The van der Waals surface area contributed by atoms with Gasteiger partial charge in [-0.2, -0.15) is 5.10 Å². The molecule has 0 bridgehead atoms. The molecule has 4 fully saturated rings. The lowest BCUT2D eigenvalue weighted by atomic mass is 9.96. The fraction of sp³-hybridized carbons (Fsp3) is 0.467. The molecule has 2 atom stereocenters. The number of fused-ring (bicyclic) bond motifs is 2. The number of amides is 2. The summed E-state index contributed by atoms with van der Waals surface area (Å²) in [5.41, 5.74) is 1.09. The van der Waals surface area contributed by atoms with Crippen molar-refractivity contribution in [3.63, 3.8) is 0 Å². The van der Waals surface area contributed by atoms with E-state index < -0.39 is 5.82 Å². The lowest BCUT2D eigenvalue weighted by Crippen LogP contribution is -2.42. The summed E-state index contributed by atoms with van der Waals surface area (Å²) >= 11 is 0. The third-order valence-electron chi connectivity index (χ3n) is 8.87. The number of carbonyl (C=O) groups is 2. The molecule has 2 unspecified atom stereocenters.